The van der Waals surface area contributed by atoms with E-state index in [1.807, 2.05) is 66.7 Å². The van der Waals surface area contributed by atoms with E-state index in [1.54, 1.807) is 6.08 Å². The van der Waals surface area contributed by atoms with Crippen LogP contribution in [0.15, 0.2) is 66.7 Å². The van der Waals surface area contributed by atoms with Crippen LogP contribution in [-0.4, -0.2) is 10.6 Å². The molecule has 0 aliphatic carbocycles. The Kier molecular flexibility index (Phi) is 5.74. The van der Waals surface area contributed by atoms with Crippen molar-refractivity contribution in [3.63, 3.8) is 0 Å². The molecule has 0 amide bonds. The molecule has 2 atom stereocenters. The number of benzene rings is 2. The van der Waals surface area contributed by atoms with Gasteiger partial charge in [-0.3, -0.25) is 4.79 Å². The molecule has 2 rings (SSSR count). The number of ketones is 1. The lowest BCUT2D eigenvalue weighted by Crippen LogP contribution is -2.16. The Morgan fingerprint density at radius 2 is 1.45 bits per heavy atom. The van der Waals surface area contributed by atoms with E-state index in [0.29, 0.717) is 0 Å². The van der Waals surface area contributed by atoms with Gasteiger partial charge in [0.1, 0.15) is 0 Å². The van der Waals surface area contributed by atoms with Gasteiger partial charge in [-0.05, 0) is 17.2 Å². The monoisotopic (exact) mass is 392 g/mol. The minimum atomic E-state index is -0.287. The molecular formula is C17H14Br2O. The number of carbonyl (C=O) groups excluding carboxylic acids is 1. The maximum Gasteiger partial charge on any atom is 0.170 e. The number of hydrogen-bond donors (Lipinski definition) is 0. The van der Waals surface area contributed by atoms with E-state index in [4.69, 9.17) is 0 Å². The molecule has 0 aliphatic rings. The predicted octanol–water partition coefficient (Wildman–Crippen LogP) is 5.17. The Bertz CT molecular complexity index is 578. The molecule has 3 heteroatoms. The van der Waals surface area contributed by atoms with Crippen LogP contribution < -0.4 is 0 Å². The molecule has 0 unspecified atom stereocenters. The summed E-state index contributed by atoms with van der Waals surface area (Å²) in [5.41, 5.74) is 2.10. The van der Waals surface area contributed by atoms with Gasteiger partial charge in [0.05, 0.1) is 9.65 Å². The smallest absolute Gasteiger partial charge is 0.170 e. The van der Waals surface area contributed by atoms with Gasteiger partial charge < -0.3 is 0 Å². The van der Waals surface area contributed by atoms with Gasteiger partial charge in [-0.1, -0.05) is 98.6 Å². The van der Waals surface area contributed by atoms with Crippen LogP contribution in [0.3, 0.4) is 0 Å². The molecular weight excluding hydrogens is 380 g/mol. The third-order valence-electron chi connectivity index (χ3n) is 2.89. The van der Waals surface area contributed by atoms with Crippen LogP contribution in [0.4, 0.5) is 0 Å². The van der Waals surface area contributed by atoms with Gasteiger partial charge in [0.15, 0.2) is 5.78 Å². The predicted molar refractivity (Wildman–Crippen MR) is 91.3 cm³/mol. The van der Waals surface area contributed by atoms with E-state index in [-0.39, 0.29) is 15.4 Å². The molecule has 0 N–H and O–H groups in total. The molecule has 0 saturated heterocycles. The molecule has 0 aromatic heterocycles. The summed E-state index contributed by atoms with van der Waals surface area (Å²) in [4.78, 5) is 11.8. The molecule has 0 bridgehead atoms. The van der Waals surface area contributed by atoms with Crippen LogP contribution in [0.1, 0.15) is 16.0 Å². The lowest BCUT2D eigenvalue weighted by atomic mass is 10.1. The average Bonchev–Trinajstić information content (AvgIpc) is 2.53. The summed E-state index contributed by atoms with van der Waals surface area (Å²) in [6, 6.07) is 19.7. The van der Waals surface area contributed by atoms with Crippen molar-refractivity contribution in [2.75, 3.05) is 0 Å². The van der Waals surface area contributed by atoms with E-state index < -0.39 is 0 Å². The molecule has 102 valence electrons. The Morgan fingerprint density at radius 1 is 0.900 bits per heavy atom. The highest BCUT2D eigenvalue weighted by atomic mass is 79.9. The first-order valence-corrected chi connectivity index (χ1v) is 8.11. The van der Waals surface area contributed by atoms with Gasteiger partial charge in [0.25, 0.3) is 0 Å². The van der Waals surface area contributed by atoms with E-state index in [1.165, 1.54) is 0 Å². The van der Waals surface area contributed by atoms with Crippen molar-refractivity contribution >= 4 is 43.7 Å². The summed E-state index contributed by atoms with van der Waals surface area (Å²) in [5, 5.41) is 0. The largest absolute Gasteiger partial charge is 0.294 e. The average molecular weight is 394 g/mol. The van der Waals surface area contributed by atoms with Gasteiger partial charge in [0.2, 0.25) is 0 Å². The van der Waals surface area contributed by atoms with Crippen molar-refractivity contribution in [1.82, 2.24) is 0 Å². The Hall–Kier alpha value is -1.19. The Balaban J connectivity index is 2.04. The van der Waals surface area contributed by atoms with Crippen molar-refractivity contribution in [3.8, 4) is 0 Å². The van der Waals surface area contributed by atoms with E-state index in [2.05, 4.69) is 31.9 Å². The number of halogens is 2. The first kappa shape index (κ1) is 15.2. The standard InChI is InChI=1S/C17H14Br2O/c18-16(14-9-5-2-6-10-14)17(19)15(20)12-11-13-7-3-1-4-8-13/h1-12,16-17H/b12-11+/t16-,17+/m0/s1. The summed E-state index contributed by atoms with van der Waals surface area (Å²) in [7, 11) is 0. The van der Waals surface area contributed by atoms with Crippen LogP contribution >= 0.6 is 31.9 Å². The van der Waals surface area contributed by atoms with Gasteiger partial charge in [0, 0.05) is 0 Å². The Labute approximate surface area is 136 Å². The van der Waals surface area contributed by atoms with Crippen LogP contribution in [0.5, 0.6) is 0 Å². The fourth-order valence-corrected chi connectivity index (χ4v) is 2.81. The fraction of sp³-hybridized carbons (Fsp3) is 0.118. The van der Waals surface area contributed by atoms with Gasteiger partial charge >= 0.3 is 0 Å². The highest BCUT2D eigenvalue weighted by Gasteiger charge is 2.22. The third kappa shape index (κ3) is 4.15. The normalized spacial score (nSPS) is 14.1. The zero-order chi connectivity index (χ0) is 14.4. The quantitative estimate of drug-likeness (QED) is 0.505. The molecule has 0 heterocycles. The van der Waals surface area contributed by atoms with Crippen LogP contribution in [0, 0.1) is 0 Å². The van der Waals surface area contributed by atoms with Crippen LogP contribution in [0.2, 0.25) is 0 Å². The maximum atomic E-state index is 12.2. The van der Waals surface area contributed by atoms with Crippen molar-refractivity contribution < 1.29 is 4.79 Å². The molecule has 0 aliphatic heterocycles. The zero-order valence-corrected chi connectivity index (χ0v) is 13.9. The minimum Gasteiger partial charge on any atom is -0.294 e. The van der Waals surface area contributed by atoms with Gasteiger partial charge in [-0.2, -0.15) is 0 Å². The number of rotatable bonds is 5. The van der Waals surface area contributed by atoms with Crippen LogP contribution in [0.25, 0.3) is 6.08 Å². The summed E-state index contributed by atoms with van der Waals surface area (Å²) < 4.78 is 0. The second-order valence-corrected chi connectivity index (χ2v) is 6.33. The molecule has 2 aromatic carbocycles. The molecule has 1 nitrogen and oxygen atoms in total. The molecule has 0 spiro atoms. The van der Waals surface area contributed by atoms with E-state index >= 15 is 0 Å². The molecule has 0 saturated carbocycles. The fourth-order valence-electron chi connectivity index (χ4n) is 1.78. The second-order valence-electron chi connectivity index (χ2n) is 4.36. The summed E-state index contributed by atoms with van der Waals surface area (Å²) in [5.74, 6) is 0.0413. The topological polar surface area (TPSA) is 17.1 Å². The van der Waals surface area contributed by atoms with Crippen molar-refractivity contribution in [3.05, 3.63) is 77.9 Å². The lowest BCUT2D eigenvalue weighted by molar-refractivity contribution is -0.113. The zero-order valence-electron chi connectivity index (χ0n) is 10.7. The summed E-state index contributed by atoms with van der Waals surface area (Å²) in [6.07, 6.45) is 3.45. The molecule has 20 heavy (non-hydrogen) atoms. The van der Waals surface area contributed by atoms with Crippen LogP contribution in [-0.2, 0) is 4.79 Å². The SMILES string of the molecule is O=C(/C=C/c1ccccc1)[C@@H](Br)[C@@H](Br)c1ccccc1. The van der Waals surface area contributed by atoms with Crippen molar-refractivity contribution in [1.29, 1.82) is 0 Å². The van der Waals surface area contributed by atoms with Crippen molar-refractivity contribution in [2.45, 2.75) is 9.65 Å². The number of alkyl halides is 2. The minimum absolute atomic E-state index is 0.0413. The number of allylic oxidation sites excluding steroid dienone is 1. The van der Waals surface area contributed by atoms with E-state index in [9.17, 15) is 4.79 Å². The summed E-state index contributed by atoms with van der Waals surface area (Å²) in [6.45, 7) is 0. The first-order chi connectivity index (χ1) is 9.68. The number of carbonyl (C=O) groups is 1. The highest BCUT2D eigenvalue weighted by Crippen LogP contribution is 2.31. The lowest BCUT2D eigenvalue weighted by Gasteiger charge is -2.14. The molecule has 0 fully saturated rings. The van der Waals surface area contributed by atoms with Gasteiger partial charge in [-0.15, -0.1) is 0 Å². The summed E-state index contributed by atoms with van der Waals surface area (Å²) >= 11 is 7.05. The van der Waals surface area contributed by atoms with E-state index in [0.717, 1.165) is 11.1 Å². The van der Waals surface area contributed by atoms with Gasteiger partial charge in [-0.25, -0.2) is 0 Å². The maximum absolute atomic E-state index is 12.2. The Morgan fingerprint density at radius 3 is 2.05 bits per heavy atom. The molecule has 0 radical (unpaired) electrons. The third-order valence-corrected chi connectivity index (χ3v) is 5.63. The van der Waals surface area contributed by atoms with Crippen molar-refractivity contribution in [2.24, 2.45) is 0 Å². The first-order valence-electron chi connectivity index (χ1n) is 6.28. The number of hydrogen-bond acceptors (Lipinski definition) is 1. The second kappa shape index (κ2) is 7.55. The molecule has 2 aromatic rings. The highest BCUT2D eigenvalue weighted by molar-refractivity contribution is 9.12.